The second kappa shape index (κ2) is 9.68. The Morgan fingerprint density at radius 3 is 2.62 bits per heavy atom. The molecule has 0 N–H and O–H groups in total. The van der Waals surface area contributed by atoms with Gasteiger partial charge in [0.05, 0.1) is 5.70 Å². The summed E-state index contributed by atoms with van der Waals surface area (Å²) in [5.74, 6) is 2.31. The Morgan fingerprint density at radius 1 is 1.21 bits per heavy atom. The van der Waals surface area contributed by atoms with Crippen LogP contribution in [0, 0.1) is 29.1 Å². The van der Waals surface area contributed by atoms with E-state index >= 15 is 0 Å². The van der Waals surface area contributed by atoms with Gasteiger partial charge in [-0.3, -0.25) is 4.99 Å². The van der Waals surface area contributed by atoms with E-state index in [1.54, 1.807) is 0 Å². The standard InChI is InChI=1S/C33H43N/c1-9-23(13-11-12-21(3)4)26-15-14-25-16-17-27(28(25)18-26)30-19-24(10-2)29-20-33(7,8)31(22(5)6)32(29)34-30/h9-10,13-15,17-19,21-22,29,31H,1,11-12,16,20H2,2-8H3/b23-13+,24-10+. The molecule has 1 aromatic carbocycles. The lowest BCUT2D eigenvalue weighted by atomic mass is 9.75. The minimum Gasteiger partial charge on any atom is -0.256 e. The predicted octanol–water partition coefficient (Wildman–Crippen LogP) is 9.23. The average molecular weight is 454 g/mol. The van der Waals surface area contributed by atoms with Gasteiger partial charge in [0.1, 0.15) is 0 Å². The molecule has 1 nitrogen and oxygen atoms in total. The van der Waals surface area contributed by atoms with E-state index in [2.05, 4.69) is 97.5 Å². The van der Waals surface area contributed by atoms with Crippen LogP contribution in [0.5, 0.6) is 0 Å². The molecule has 1 aromatic rings. The Labute approximate surface area is 208 Å². The number of aliphatic imine (C=N–C) groups is 1. The van der Waals surface area contributed by atoms with E-state index in [0.717, 1.165) is 18.5 Å². The molecule has 0 spiro atoms. The summed E-state index contributed by atoms with van der Waals surface area (Å²) in [5, 5.41) is 0. The monoisotopic (exact) mass is 453 g/mol. The van der Waals surface area contributed by atoms with Gasteiger partial charge in [0.25, 0.3) is 0 Å². The molecule has 2 atom stereocenters. The molecule has 0 bridgehead atoms. The highest BCUT2D eigenvalue weighted by molar-refractivity contribution is 6.00. The van der Waals surface area contributed by atoms with Crippen LogP contribution >= 0.6 is 0 Å². The Hall–Kier alpha value is -2.41. The first-order valence-electron chi connectivity index (χ1n) is 13.3. The maximum atomic E-state index is 5.42. The molecule has 2 unspecified atom stereocenters. The van der Waals surface area contributed by atoms with Gasteiger partial charge in [-0.2, -0.15) is 0 Å². The zero-order valence-corrected chi connectivity index (χ0v) is 22.4. The van der Waals surface area contributed by atoms with Crippen molar-refractivity contribution in [1.29, 1.82) is 0 Å². The minimum atomic E-state index is 0.282. The summed E-state index contributed by atoms with van der Waals surface area (Å²) in [5.41, 5.74) is 10.9. The summed E-state index contributed by atoms with van der Waals surface area (Å²) >= 11 is 0. The van der Waals surface area contributed by atoms with Crippen LogP contribution in [0.2, 0.25) is 0 Å². The van der Waals surface area contributed by atoms with Gasteiger partial charge in [-0.1, -0.05) is 84.6 Å². The number of rotatable bonds is 7. The maximum Gasteiger partial charge on any atom is 0.0707 e. The molecule has 1 heterocycles. The zero-order chi connectivity index (χ0) is 24.6. The largest absolute Gasteiger partial charge is 0.256 e. The summed E-state index contributed by atoms with van der Waals surface area (Å²) in [6.45, 7) is 20.5. The molecule has 4 rings (SSSR count). The lowest BCUT2D eigenvalue weighted by molar-refractivity contribution is 0.235. The first-order valence-corrected chi connectivity index (χ1v) is 13.3. The molecular formula is C33H43N. The summed E-state index contributed by atoms with van der Waals surface area (Å²) in [6.07, 6.45) is 15.9. The molecule has 0 saturated heterocycles. The Balaban J connectivity index is 1.71. The number of hydrogen-bond acceptors (Lipinski definition) is 1. The number of nitrogens with zero attached hydrogens (tertiary/aromatic N) is 1. The fraction of sp³-hybridized carbons (Fsp3) is 0.485. The first kappa shape index (κ1) is 24.7. The second-order valence-electron chi connectivity index (χ2n) is 11.9. The van der Waals surface area contributed by atoms with Crippen LogP contribution in [0.3, 0.4) is 0 Å². The smallest absolute Gasteiger partial charge is 0.0707 e. The summed E-state index contributed by atoms with van der Waals surface area (Å²) < 4.78 is 0. The van der Waals surface area contributed by atoms with E-state index in [1.807, 2.05) is 6.08 Å². The van der Waals surface area contributed by atoms with E-state index in [1.165, 1.54) is 52.0 Å². The highest BCUT2D eigenvalue weighted by Crippen LogP contribution is 2.52. The van der Waals surface area contributed by atoms with E-state index in [-0.39, 0.29) is 5.41 Å². The first-order chi connectivity index (χ1) is 16.2. The molecule has 1 saturated carbocycles. The molecule has 3 aliphatic rings. The van der Waals surface area contributed by atoms with Crippen molar-refractivity contribution in [2.24, 2.45) is 34.1 Å². The van der Waals surface area contributed by atoms with Crippen molar-refractivity contribution < 1.29 is 0 Å². The van der Waals surface area contributed by atoms with Crippen molar-refractivity contribution >= 4 is 16.9 Å². The number of allylic oxidation sites excluding steroid dienone is 8. The van der Waals surface area contributed by atoms with E-state index in [9.17, 15) is 0 Å². The van der Waals surface area contributed by atoms with E-state index in [0.29, 0.717) is 23.7 Å². The quantitative estimate of drug-likeness (QED) is 0.365. The number of benzene rings is 1. The topological polar surface area (TPSA) is 12.4 Å². The highest BCUT2D eigenvalue weighted by Gasteiger charge is 2.48. The van der Waals surface area contributed by atoms with Gasteiger partial charge in [0.15, 0.2) is 0 Å². The zero-order valence-electron chi connectivity index (χ0n) is 22.4. The molecule has 0 amide bonds. The van der Waals surface area contributed by atoms with Crippen LogP contribution in [0.25, 0.3) is 11.1 Å². The minimum absolute atomic E-state index is 0.282. The second-order valence-corrected chi connectivity index (χ2v) is 11.9. The van der Waals surface area contributed by atoms with Gasteiger partial charge in [0.2, 0.25) is 0 Å². The number of fused-ring (bicyclic) bond motifs is 2. The van der Waals surface area contributed by atoms with Crippen LogP contribution in [-0.2, 0) is 6.42 Å². The van der Waals surface area contributed by atoms with Crippen LogP contribution in [-0.4, -0.2) is 5.71 Å². The van der Waals surface area contributed by atoms with Crippen molar-refractivity contribution in [3.8, 4) is 0 Å². The SMILES string of the molecule is C=C/C(=C\CCC(C)C)c1ccc2c(c1)C(C1=C/C(=C\C)C3CC(C)(C)C(C(C)C)C3=N1)=CC2. The molecule has 180 valence electrons. The van der Waals surface area contributed by atoms with Crippen molar-refractivity contribution in [2.45, 2.75) is 74.1 Å². The van der Waals surface area contributed by atoms with Gasteiger partial charge in [0, 0.05) is 23.1 Å². The van der Waals surface area contributed by atoms with Crippen LogP contribution < -0.4 is 0 Å². The third-order valence-electron chi connectivity index (χ3n) is 8.07. The fourth-order valence-electron chi connectivity index (χ4n) is 6.55. The van der Waals surface area contributed by atoms with Crippen LogP contribution in [0.4, 0.5) is 0 Å². The van der Waals surface area contributed by atoms with Gasteiger partial charge in [-0.05, 0) is 89.8 Å². The lowest BCUT2D eigenvalue weighted by Gasteiger charge is -2.30. The molecule has 0 radical (unpaired) electrons. The third-order valence-corrected chi connectivity index (χ3v) is 8.07. The molecular weight excluding hydrogens is 410 g/mol. The fourth-order valence-corrected chi connectivity index (χ4v) is 6.55. The normalized spacial score (nSPS) is 24.8. The molecule has 34 heavy (non-hydrogen) atoms. The van der Waals surface area contributed by atoms with Gasteiger partial charge < -0.3 is 0 Å². The highest BCUT2D eigenvalue weighted by atomic mass is 14.8. The van der Waals surface area contributed by atoms with E-state index in [4.69, 9.17) is 4.99 Å². The van der Waals surface area contributed by atoms with Crippen molar-refractivity contribution in [3.63, 3.8) is 0 Å². The Bertz CT molecular complexity index is 1110. The Morgan fingerprint density at radius 2 is 1.97 bits per heavy atom. The molecule has 1 aliphatic heterocycles. The molecule has 1 fully saturated rings. The maximum absolute atomic E-state index is 5.42. The number of hydrogen-bond donors (Lipinski definition) is 0. The van der Waals surface area contributed by atoms with Gasteiger partial charge in [-0.25, -0.2) is 0 Å². The summed E-state index contributed by atoms with van der Waals surface area (Å²) in [6, 6.07) is 6.94. The molecule has 1 heteroatoms. The summed E-state index contributed by atoms with van der Waals surface area (Å²) in [7, 11) is 0. The molecule has 2 aliphatic carbocycles. The van der Waals surface area contributed by atoms with Crippen molar-refractivity contribution in [1.82, 2.24) is 0 Å². The third kappa shape index (κ3) is 4.59. The van der Waals surface area contributed by atoms with Crippen LogP contribution in [0.1, 0.15) is 84.4 Å². The van der Waals surface area contributed by atoms with Gasteiger partial charge >= 0.3 is 0 Å². The van der Waals surface area contributed by atoms with Crippen LogP contribution in [0.15, 0.2) is 71.4 Å². The lowest BCUT2D eigenvalue weighted by Crippen LogP contribution is -2.29. The summed E-state index contributed by atoms with van der Waals surface area (Å²) in [4.78, 5) is 5.42. The van der Waals surface area contributed by atoms with E-state index < -0.39 is 0 Å². The average Bonchev–Trinajstić information content (AvgIpc) is 3.32. The predicted molar refractivity (Wildman–Crippen MR) is 150 cm³/mol. The van der Waals surface area contributed by atoms with Gasteiger partial charge in [-0.15, -0.1) is 0 Å². The van der Waals surface area contributed by atoms with Crippen molar-refractivity contribution in [2.75, 3.05) is 0 Å². The molecule has 0 aromatic heterocycles. The Kier molecular flexibility index (Phi) is 7.04. The van der Waals surface area contributed by atoms with Crippen molar-refractivity contribution in [3.05, 3.63) is 83.1 Å².